The first-order valence-electron chi connectivity index (χ1n) is 5.53. The van der Waals surface area contributed by atoms with Crippen molar-refractivity contribution in [2.24, 2.45) is 0 Å². The molecule has 0 atom stereocenters. The van der Waals surface area contributed by atoms with Crippen LogP contribution in [0.4, 0.5) is 4.39 Å². The molecule has 9 heteroatoms. The molecule has 1 aromatic carbocycles. The van der Waals surface area contributed by atoms with Crippen molar-refractivity contribution in [2.45, 2.75) is 10.8 Å². The molecule has 1 aromatic heterocycles. The molecule has 1 N–H and O–H groups in total. The smallest absolute Gasteiger partial charge is 0.270 e. The zero-order valence-electron chi connectivity index (χ0n) is 10.3. The van der Waals surface area contributed by atoms with Gasteiger partial charge in [0.2, 0.25) is 0 Å². The van der Waals surface area contributed by atoms with Gasteiger partial charge in [-0.3, -0.25) is 4.79 Å². The highest BCUT2D eigenvalue weighted by atomic mass is 79.9. The van der Waals surface area contributed by atoms with Crippen LogP contribution in [0.2, 0.25) is 0 Å². The summed E-state index contributed by atoms with van der Waals surface area (Å²) >= 11 is 4.07. The molecule has 0 unspecified atom stereocenters. The monoisotopic (exact) mass is 411 g/mol. The summed E-state index contributed by atoms with van der Waals surface area (Å²) < 4.78 is 35.9. The Morgan fingerprint density at radius 1 is 1.33 bits per heavy atom. The van der Waals surface area contributed by atoms with E-state index in [1.165, 1.54) is 18.2 Å². The maximum absolute atomic E-state index is 13.2. The minimum atomic E-state index is -3.76. The largest absolute Gasteiger partial charge is 0.347 e. The maximum Gasteiger partial charge on any atom is 0.270 e. The average molecular weight is 413 g/mol. The van der Waals surface area contributed by atoms with Crippen molar-refractivity contribution < 1.29 is 17.6 Å². The summed E-state index contributed by atoms with van der Waals surface area (Å²) in [4.78, 5) is 12.5. The number of rotatable bonds is 4. The fourth-order valence-electron chi connectivity index (χ4n) is 1.54. The molecule has 21 heavy (non-hydrogen) atoms. The molecule has 4 nitrogen and oxygen atoms in total. The predicted molar refractivity (Wildman–Crippen MR) is 82.6 cm³/mol. The maximum atomic E-state index is 13.2. The molecule has 0 radical (unpaired) electrons. The number of hydrogen-bond donors (Lipinski definition) is 1. The first-order valence-corrected chi connectivity index (χ1v) is 9.45. The van der Waals surface area contributed by atoms with Gasteiger partial charge in [0, 0.05) is 25.6 Å². The second-order valence-corrected chi connectivity index (χ2v) is 8.88. The number of carbonyl (C=O) groups excluding carboxylic acids is 1. The van der Waals surface area contributed by atoms with Crippen LogP contribution < -0.4 is 5.32 Å². The van der Waals surface area contributed by atoms with Gasteiger partial charge in [-0.05, 0) is 30.3 Å². The molecule has 0 saturated carbocycles. The van der Waals surface area contributed by atoms with Gasteiger partial charge in [0.1, 0.15) is 10.0 Å². The van der Waals surface area contributed by atoms with Gasteiger partial charge >= 0.3 is 0 Å². The normalized spacial score (nSPS) is 11.4. The third kappa shape index (κ3) is 4.50. The van der Waals surface area contributed by atoms with Gasteiger partial charge in [-0.15, -0.1) is 11.3 Å². The Hall–Kier alpha value is -0.960. The zero-order valence-corrected chi connectivity index (χ0v) is 14.2. The first kappa shape index (κ1) is 16.4. The summed E-state index contributed by atoms with van der Waals surface area (Å²) in [6.07, 6.45) is 0. The topological polar surface area (TPSA) is 63.2 Å². The summed E-state index contributed by atoms with van der Waals surface area (Å²) in [6.45, 7) is 0.129. The van der Waals surface area contributed by atoms with Crippen molar-refractivity contribution in [3.63, 3.8) is 0 Å². The van der Waals surface area contributed by atoms with Gasteiger partial charge < -0.3 is 5.32 Å². The highest BCUT2D eigenvalue weighted by Gasteiger charge is 2.14. The van der Waals surface area contributed by atoms with Crippen LogP contribution in [0.1, 0.15) is 15.2 Å². The molecular weight excluding hydrogens is 405 g/mol. The Morgan fingerprint density at radius 3 is 2.62 bits per heavy atom. The van der Waals surface area contributed by atoms with Crippen molar-refractivity contribution in [2.75, 3.05) is 0 Å². The van der Waals surface area contributed by atoms with Crippen LogP contribution in [-0.4, -0.2) is 14.3 Å². The van der Waals surface area contributed by atoms with Gasteiger partial charge in [0.15, 0.2) is 0 Å². The number of hydrogen-bond acceptors (Lipinski definition) is 4. The molecule has 0 spiro atoms. The van der Waals surface area contributed by atoms with Crippen LogP contribution in [0.15, 0.2) is 39.0 Å². The second kappa shape index (κ2) is 6.43. The molecule has 0 aliphatic carbocycles. The molecule has 2 rings (SSSR count). The Morgan fingerprint density at radius 2 is 2.05 bits per heavy atom. The Kier molecular flexibility index (Phi) is 5.03. The van der Waals surface area contributed by atoms with Gasteiger partial charge in [-0.1, -0.05) is 15.9 Å². The van der Waals surface area contributed by atoms with Gasteiger partial charge in [0.25, 0.3) is 15.0 Å². The number of nitrogens with one attached hydrogen (secondary N) is 1. The standard InChI is InChI=1S/C12H8BrClFNO3S2/c13-8-3-7(4-9(15)5-8)12(17)16-6-10-1-2-11(20-10)21(14,18)19/h1-5H,6H2,(H,16,17). The minimum absolute atomic E-state index is 0.0157. The molecule has 1 heterocycles. The lowest BCUT2D eigenvalue weighted by atomic mass is 10.2. The van der Waals surface area contributed by atoms with Crippen molar-refractivity contribution in [3.8, 4) is 0 Å². The van der Waals surface area contributed by atoms with E-state index in [1.807, 2.05) is 0 Å². The minimum Gasteiger partial charge on any atom is -0.347 e. The van der Waals surface area contributed by atoms with Crippen LogP contribution in [0, 0.1) is 5.82 Å². The highest BCUT2D eigenvalue weighted by Crippen LogP contribution is 2.24. The molecule has 0 aliphatic rings. The summed E-state index contributed by atoms with van der Waals surface area (Å²) in [7, 11) is 1.45. The van der Waals surface area contributed by atoms with E-state index in [0.29, 0.717) is 9.35 Å². The number of benzene rings is 1. The van der Waals surface area contributed by atoms with E-state index in [-0.39, 0.29) is 16.3 Å². The number of halogens is 3. The van der Waals surface area contributed by atoms with Crippen molar-refractivity contribution >= 4 is 52.9 Å². The van der Waals surface area contributed by atoms with E-state index >= 15 is 0 Å². The SMILES string of the molecule is O=C(NCc1ccc(S(=O)(=O)Cl)s1)c1cc(F)cc(Br)c1. The second-order valence-electron chi connectivity index (χ2n) is 4.00. The van der Waals surface area contributed by atoms with Crippen molar-refractivity contribution in [1.82, 2.24) is 5.32 Å². The van der Waals surface area contributed by atoms with E-state index in [0.717, 1.165) is 17.4 Å². The number of carbonyl (C=O) groups is 1. The molecule has 112 valence electrons. The van der Waals surface area contributed by atoms with Crippen LogP contribution in [0.25, 0.3) is 0 Å². The van der Waals surface area contributed by atoms with Crippen LogP contribution >= 0.6 is 37.9 Å². The van der Waals surface area contributed by atoms with Crippen LogP contribution in [0.3, 0.4) is 0 Å². The quantitative estimate of drug-likeness (QED) is 0.782. The van der Waals surface area contributed by atoms with Gasteiger partial charge in [-0.25, -0.2) is 12.8 Å². The molecule has 0 saturated heterocycles. The lowest BCUT2D eigenvalue weighted by Crippen LogP contribution is -2.22. The highest BCUT2D eigenvalue weighted by molar-refractivity contribution is 9.10. The molecule has 2 aromatic rings. The molecule has 0 fully saturated rings. The first-order chi connectivity index (χ1) is 9.75. The van der Waals surface area contributed by atoms with Crippen LogP contribution in [-0.2, 0) is 15.6 Å². The van der Waals surface area contributed by atoms with Gasteiger partial charge in [-0.2, -0.15) is 0 Å². The van der Waals surface area contributed by atoms with E-state index in [9.17, 15) is 17.6 Å². The number of thiophene rings is 1. The third-order valence-corrected chi connectivity index (χ3v) is 6.06. The summed E-state index contributed by atoms with van der Waals surface area (Å²) in [5.41, 5.74) is 0.170. The third-order valence-electron chi connectivity index (χ3n) is 2.43. The van der Waals surface area contributed by atoms with E-state index in [1.54, 1.807) is 6.07 Å². The Balaban J connectivity index is 2.06. The van der Waals surface area contributed by atoms with Gasteiger partial charge in [0.05, 0.1) is 6.54 Å². The van der Waals surface area contributed by atoms with E-state index < -0.39 is 20.8 Å². The van der Waals surface area contributed by atoms with Crippen molar-refractivity contribution in [1.29, 1.82) is 0 Å². The lowest BCUT2D eigenvalue weighted by molar-refractivity contribution is 0.0950. The Labute approximate surface area is 137 Å². The Bertz CT molecular complexity index is 771. The zero-order chi connectivity index (χ0) is 15.6. The molecule has 1 amide bonds. The summed E-state index contributed by atoms with van der Waals surface area (Å²) in [5.74, 6) is -0.986. The molecular formula is C12H8BrClFNO3S2. The lowest BCUT2D eigenvalue weighted by Gasteiger charge is -2.04. The predicted octanol–water partition coefficient (Wildman–Crippen LogP) is 3.51. The number of amides is 1. The fraction of sp³-hybridized carbons (Fsp3) is 0.0833. The summed E-state index contributed by atoms with van der Waals surface area (Å²) in [5, 5.41) is 2.58. The van der Waals surface area contributed by atoms with Crippen LogP contribution in [0.5, 0.6) is 0 Å². The van der Waals surface area contributed by atoms with Crippen molar-refractivity contribution in [3.05, 3.63) is 51.1 Å². The summed E-state index contributed by atoms with van der Waals surface area (Å²) in [6, 6.07) is 6.77. The van der Waals surface area contributed by atoms with E-state index in [2.05, 4.69) is 21.2 Å². The molecule has 0 bridgehead atoms. The average Bonchev–Trinajstić information content (AvgIpc) is 2.83. The molecule has 0 aliphatic heterocycles. The van der Waals surface area contributed by atoms with E-state index in [4.69, 9.17) is 10.7 Å². The fourth-order valence-corrected chi connectivity index (χ4v) is 4.07.